The van der Waals surface area contributed by atoms with Gasteiger partial charge in [0.2, 0.25) is 0 Å². The number of aromatic nitrogens is 1. The lowest BCUT2D eigenvalue weighted by molar-refractivity contribution is 0.546. The van der Waals surface area contributed by atoms with Crippen LogP contribution in [-0.4, -0.2) is 4.98 Å². The van der Waals surface area contributed by atoms with Crippen LogP contribution in [0.25, 0.3) is 0 Å². The van der Waals surface area contributed by atoms with Gasteiger partial charge in [0.25, 0.3) is 0 Å². The molecular formula is C13H18BrN3S2. The van der Waals surface area contributed by atoms with Crippen molar-refractivity contribution in [2.45, 2.75) is 38.6 Å². The Morgan fingerprint density at radius 1 is 1.42 bits per heavy atom. The number of nitrogens with zero attached hydrogens (tertiary/aromatic N) is 1. The van der Waals surface area contributed by atoms with E-state index in [1.54, 1.807) is 22.7 Å². The fourth-order valence-electron chi connectivity index (χ4n) is 1.71. The first kappa shape index (κ1) is 15.1. The summed E-state index contributed by atoms with van der Waals surface area (Å²) in [5, 5.41) is 5.33. The molecule has 0 saturated heterocycles. The largest absolute Gasteiger partial charge is 0.271 e. The topological polar surface area (TPSA) is 50.9 Å². The molecule has 0 saturated carbocycles. The van der Waals surface area contributed by atoms with E-state index in [1.165, 1.54) is 4.88 Å². The minimum absolute atomic E-state index is 0.101. The second kappa shape index (κ2) is 6.01. The Morgan fingerprint density at radius 3 is 2.63 bits per heavy atom. The molecule has 3 N–H and O–H groups in total. The molecule has 19 heavy (non-hydrogen) atoms. The first-order chi connectivity index (χ1) is 8.91. The van der Waals surface area contributed by atoms with E-state index in [0.717, 1.165) is 21.6 Å². The number of nitrogens with one attached hydrogen (secondary N) is 1. The number of thiophene rings is 1. The van der Waals surface area contributed by atoms with Crippen LogP contribution in [0.15, 0.2) is 21.3 Å². The monoisotopic (exact) mass is 359 g/mol. The van der Waals surface area contributed by atoms with Crippen molar-refractivity contribution in [3.8, 4) is 0 Å². The summed E-state index contributed by atoms with van der Waals surface area (Å²) in [5.74, 6) is 5.69. The highest BCUT2D eigenvalue weighted by Crippen LogP contribution is 2.32. The van der Waals surface area contributed by atoms with Crippen molar-refractivity contribution in [3.05, 3.63) is 36.9 Å². The van der Waals surface area contributed by atoms with Crippen LogP contribution in [0, 0.1) is 0 Å². The van der Waals surface area contributed by atoms with Crippen LogP contribution < -0.4 is 11.3 Å². The molecule has 104 valence electrons. The lowest BCUT2D eigenvalue weighted by atomic mass is 9.93. The minimum Gasteiger partial charge on any atom is -0.271 e. The van der Waals surface area contributed by atoms with E-state index in [0.29, 0.717) is 0 Å². The van der Waals surface area contributed by atoms with Crippen LogP contribution in [0.2, 0.25) is 0 Å². The summed E-state index contributed by atoms with van der Waals surface area (Å²) in [6, 6.07) is 2.15. The molecule has 0 aliphatic rings. The molecule has 3 nitrogen and oxygen atoms in total. The smallest absolute Gasteiger partial charge is 0.0948 e. The Morgan fingerprint density at radius 2 is 2.16 bits per heavy atom. The molecule has 0 bridgehead atoms. The van der Waals surface area contributed by atoms with Gasteiger partial charge in [0.05, 0.1) is 16.7 Å². The zero-order valence-electron chi connectivity index (χ0n) is 11.2. The summed E-state index contributed by atoms with van der Waals surface area (Å²) in [5.41, 5.74) is 4.14. The van der Waals surface area contributed by atoms with Crippen molar-refractivity contribution in [1.82, 2.24) is 10.4 Å². The SMILES string of the molecule is CC(C)(C)c1csc(CC(NN)c2sccc2Br)n1. The van der Waals surface area contributed by atoms with E-state index >= 15 is 0 Å². The Labute approximate surface area is 130 Å². The zero-order valence-corrected chi connectivity index (χ0v) is 14.5. The number of hydrogen-bond donors (Lipinski definition) is 2. The molecule has 0 aliphatic heterocycles. The number of rotatable bonds is 4. The van der Waals surface area contributed by atoms with Crippen LogP contribution in [0.5, 0.6) is 0 Å². The molecular weight excluding hydrogens is 342 g/mol. The molecule has 2 rings (SSSR count). The first-order valence-corrected chi connectivity index (χ1v) is 8.61. The van der Waals surface area contributed by atoms with Gasteiger partial charge < -0.3 is 0 Å². The quantitative estimate of drug-likeness (QED) is 0.640. The molecule has 0 fully saturated rings. The highest BCUT2D eigenvalue weighted by molar-refractivity contribution is 9.10. The van der Waals surface area contributed by atoms with E-state index in [2.05, 4.69) is 52.9 Å². The van der Waals surface area contributed by atoms with Gasteiger partial charge in [0, 0.05) is 26.6 Å². The predicted molar refractivity (Wildman–Crippen MR) is 86.6 cm³/mol. The van der Waals surface area contributed by atoms with Gasteiger partial charge in [-0.2, -0.15) is 0 Å². The predicted octanol–water partition coefficient (Wildman–Crippen LogP) is 4.01. The van der Waals surface area contributed by atoms with E-state index in [1.807, 2.05) is 6.07 Å². The van der Waals surface area contributed by atoms with Crippen molar-refractivity contribution in [2.75, 3.05) is 0 Å². The van der Waals surface area contributed by atoms with Gasteiger partial charge in [-0.25, -0.2) is 4.98 Å². The molecule has 0 spiro atoms. The van der Waals surface area contributed by atoms with E-state index < -0.39 is 0 Å². The normalized spacial score (nSPS) is 13.7. The average molecular weight is 360 g/mol. The average Bonchev–Trinajstić information content (AvgIpc) is 2.94. The van der Waals surface area contributed by atoms with Gasteiger partial charge in [0.15, 0.2) is 0 Å². The summed E-state index contributed by atoms with van der Waals surface area (Å²) in [4.78, 5) is 5.94. The molecule has 1 atom stereocenters. The summed E-state index contributed by atoms with van der Waals surface area (Å²) in [6.45, 7) is 6.54. The number of thiazole rings is 1. The number of halogens is 1. The van der Waals surface area contributed by atoms with Crippen molar-refractivity contribution in [1.29, 1.82) is 0 Å². The van der Waals surface area contributed by atoms with Gasteiger partial charge in [-0.3, -0.25) is 11.3 Å². The number of hydrazine groups is 1. The summed E-state index contributed by atoms with van der Waals surface area (Å²) in [6.07, 6.45) is 0.816. The zero-order chi connectivity index (χ0) is 14.0. The third kappa shape index (κ3) is 3.64. The van der Waals surface area contributed by atoms with Crippen LogP contribution in [0.4, 0.5) is 0 Å². The van der Waals surface area contributed by atoms with E-state index in [9.17, 15) is 0 Å². The molecule has 2 aromatic rings. The summed E-state index contributed by atoms with van der Waals surface area (Å²) < 4.78 is 1.10. The molecule has 1 unspecified atom stereocenters. The highest BCUT2D eigenvalue weighted by Gasteiger charge is 2.20. The van der Waals surface area contributed by atoms with Gasteiger partial charge in [0.1, 0.15) is 0 Å². The third-order valence-corrected chi connectivity index (χ3v) is 5.72. The Hall–Kier alpha value is -0.270. The van der Waals surface area contributed by atoms with Crippen molar-refractivity contribution in [3.63, 3.8) is 0 Å². The van der Waals surface area contributed by atoms with Crippen LogP contribution in [-0.2, 0) is 11.8 Å². The summed E-state index contributed by atoms with van der Waals surface area (Å²) >= 11 is 6.96. The van der Waals surface area contributed by atoms with Gasteiger partial charge in [-0.1, -0.05) is 20.8 Å². The van der Waals surface area contributed by atoms with Crippen LogP contribution in [0.1, 0.15) is 42.4 Å². The van der Waals surface area contributed by atoms with E-state index in [-0.39, 0.29) is 11.5 Å². The maximum Gasteiger partial charge on any atom is 0.0948 e. The third-order valence-electron chi connectivity index (χ3n) is 2.86. The standard InChI is InChI=1S/C13H18BrN3S2/c1-13(2,3)10-7-19-11(16-10)6-9(17-15)12-8(14)4-5-18-12/h4-5,7,9,17H,6,15H2,1-3H3. The Kier molecular flexibility index (Phi) is 4.79. The second-order valence-electron chi connectivity index (χ2n) is 5.43. The maximum absolute atomic E-state index is 5.69. The minimum atomic E-state index is 0.101. The molecule has 0 aromatic carbocycles. The fraction of sp³-hybridized carbons (Fsp3) is 0.462. The molecule has 0 radical (unpaired) electrons. The lowest BCUT2D eigenvalue weighted by Crippen LogP contribution is -2.29. The first-order valence-electron chi connectivity index (χ1n) is 6.05. The summed E-state index contributed by atoms with van der Waals surface area (Å²) in [7, 11) is 0. The molecule has 2 aromatic heterocycles. The fourth-order valence-corrected chi connectivity index (χ4v) is 4.48. The van der Waals surface area contributed by atoms with Crippen molar-refractivity contribution < 1.29 is 0 Å². The second-order valence-corrected chi connectivity index (χ2v) is 8.18. The molecule has 0 amide bonds. The van der Waals surface area contributed by atoms with Crippen molar-refractivity contribution >= 4 is 38.6 Å². The van der Waals surface area contributed by atoms with Gasteiger partial charge >= 0.3 is 0 Å². The highest BCUT2D eigenvalue weighted by atomic mass is 79.9. The van der Waals surface area contributed by atoms with Crippen LogP contribution in [0.3, 0.4) is 0 Å². The molecule has 2 heterocycles. The number of hydrogen-bond acceptors (Lipinski definition) is 5. The Bertz CT molecular complexity index is 542. The number of nitrogens with two attached hydrogens (primary N) is 1. The Balaban J connectivity index is 2.16. The molecule has 0 aliphatic carbocycles. The van der Waals surface area contributed by atoms with Gasteiger partial charge in [-0.05, 0) is 27.4 Å². The van der Waals surface area contributed by atoms with Crippen molar-refractivity contribution in [2.24, 2.45) is 5.84 Å². The lowest BCUT2D eigenvalue weighted by Gasteiger charge is -2.15. The van der Waals surface area contributed by atoms with E-state index in [4.69, 9.17) is 10.8 Å². The molecule has 6 heteroatoms. The van der Waals surface area contributed by atoms with Gasteiger partial charge in [-0.15, -0.1) is 22.7 Å². The van der Waals surface area contributed by atoms with Crippen LogP contribution >= 0.6 is 38.6 Å². The maximum atomic E-state index is 5.69.